The summed E-state index contributed by atoms with van der Waals surface area (Å²) in [5.41, 5.74) is -4.17. The summed E-state index contributed by atoms with van der Waals surface area (Å²) in [5, 5.41) is 9.19. The lowest BCUT2D eigenvalue weighted by molar-refractivity contribution is -0.0329. The van der Waals surface area contributed by atoms with Gasteiger partial charge in [-0.15, -0.1) is 0 Å². The lowest BCUT2D eigenvalue weighted by Gasteiger charge is -2.10. The van der Waals surface area contributed by atoms with Gasteiger partial charge in [-0.2, -0.15) is 13.2 Å². The number of benzene rings is 1. The zero-order valence-corrected chi connectivity index (χ0v) is 10.3. The zero-order chi connectivity index (χ0) is 13.8. The molecule has 0 saturated carbocycles. The molecule has 1 rings (SSSR count). The third-order valence-electron chi connectivity index (χ3n) is 2.04. The Hall–Kier alpha value is -0.950. The molecule has 1 aromatic rings. The lowest BCUT2D eigenvalue weighted by atomic mass is 10.1. The predicted octanol–water partition coefficient (Wildman–Crippen LogP) is 3.51. The van der Waals surface area contributed by atoms with Gasteiger partial charge in [-0.1, -0.05) is 0 Å². The van der Waals surface area contributed by atoms with Gasteiger partial charge in [0.05, 0.1) is 12.7 Å². The number of thioether (sulfide) groups is 1. The third kappa shape index (κ3) is 5.14. The molecule has 0 fully saturated rings. The van der Waals surface area contributed by atoms with Crippen molar-refractivity contribution < 1.29 is 27.4 Å². The first kappa shape index (κ1) is 15.1. The van der Waals surface area contributed by atoms with Gasteiger partial charge in [-0.25, -0.2) is 4.39 Å². The highest BCUT2D eigenvalue weighted by Crippen LogP contribution is 2.30. The molecule has 0 saturated heterocycles. The molecule has 0 aliphatic carbocycles. The fraction of sp³-hybridized carbons (Fsp3) is 0.455. The smallest absolute Gasteiger partial charge is 0.441 e. The molecule has 2 nitrogen and oxygen atoms in total. The van der Waals surface area contributed by atoms with E-state index < -0.39 is 17.4 Å². The number of ether oxygens (including phenoxy) is 1. The monoisotopic (exact) mass is 284 g/mol. The molecule has 0 amide bonds. The molecule has 0 spiro atoms. The maximum Gasteiger partial charge on any atom is 0.441 e. The highest BCUT2D eigenvalue weighted by atomic mass is 32.2. The van der Waals surface area contributed by atoms with Crippen LogP contribution in [0.25, 0.3) is 0 Å². The summed E-state index contributed by atoms with van der Waals surface area (Å²) in [5.74, 6) is -0.769. The van der Waals surface area contributed by atoms with E-state index in [0.29, 0.717) is 0 Å². The van der Waals surface area contributed by atoms with Gasteiger partial charge >= 0.3 is 5.51 Å². The molecular formula is C11H12F4O2S. The number of aliphatic hydroxyl groups is 1. The van der Waals surface area contributed by atoms with Crippen LogP contribution in [0.5, 0.6) is 5.75 Å². The van der Waals surface area contributed by atoms with Gasteiger partial charge in [0.15, 0.2) is 0 Å². The number of halogens is 4. The maximum absolute atomic E-state index is 13.4. The summed E-state index contributed by atoms with van der Waals surface area (Å²) in [4.78, 5) is 0. The van der Waals surface area contributed by atoms with Crippen molar-refractivity contribution >= 4 is 11.8 Å². The highest BCUT2D eigenvalue weighted by Gasteiger charge is 2.27. The van der Waals surface area contributed by atoms with E-state index in [9.17, 15) is 22.7 Å². The normalized spacial score (nSPS) is 13.4. The molecule has 102 valence electrons. The van der Waals surface area contributed by atoms with E-state index in [-0.39, 0.29) is 35.4 Å². The Labute approximate surface area is 106 Å². The first-order valence-electron chi connectivity index (χ1n) is 5.10. The van der Waals surface area contributed by atoms with E-state index in [4.69, 9.17) is 4.74 Å². The van der Waals surface area contributed by atoms with E-state index in [1.807, 2.05) is 0 Å². The van der Waals surface area contributed by atoms with Crippen molar-refractivity contribution in [2.45, 2.75) is 18.5 Å². The van der Waals surface area contributed by atoms with Crippen LogP contribution in [0.2, 0.25) is 0 Å². The van der Waals surface area contributed by atoms with Gasteiger partial charge in [0.2, 0.25) is 0 Å². The Balaban J connectivity index is 2.47. The quantitative estimate of drug-likeness (QED) is 0.662. The highest BCUT2D eigenvalue weighted by molar-refractivity contribution is 8.00. The molecule has 7 heteroatoms. The summed E-state index contributed by atoms with van der Waals surface area (Å²) in [6.07, 6.45) is -0.945. The number of alkyl halides is 3. The van der Waals surface area contributed by atoms with Crippen LogP contribution in [0.1, 0.15) is 18.6 Å². The zero-order valence-electron chi connectivity index (χ0n) is 9.50. The van der Waals surface area contributed by atoms with Crippen LogP contribution in [0.3, 0.4) is 0 Å². The second-order valence-corrected chi connectivity index (χ2v) is 4.66. The van der Waals surface area contributed by atoms with Crippen LogP contribution in [-0.4, -0.2) is 23.0 Å². The molecule has 0 bridgehead atoms. The molecule has 1 aromatic carbocycles. The van der Waals surface area contributed by atoms with Crippen molar-refractivity contribution in [2.75, 3.05) is 12.4 Å². The molecule has 1 N–H and O–H groups in total. The van der Waals surface area contributed by atoms with Crippen LogP contribution in [0.15, 0.2) is 18.2 Å². The average molecular weight is 284 g/mol. The Morgan fingerprint density at radius 3 is 2.56 bits per heavy atom. The van der Waals surface area contributed by atoms with Crippen molar-refractivity contribution in [3.63, 3.8) is 0 Å². The van der Waals surface area contributed by atoms with Gasteiger partial charge in [0.1, 0.15) is 11.6 Å². The Morgan fingerprint density at radius 1 is 1.39 bits per heavy atom. The molecule has 0 aliphatic heterocycles. The molecule has 18 heavy (non-hydrogen) atoms. The topological polar surface area (TPSA) is 29.5 Å². The van der Waals surface area contributed by atoms with Gasteiger partial charge in [0, 0.05) is 17.4 Å². The van der Waals surface area contributed by atoms with E-state index in [1.54, 1.807) is 0 Å². The first-order valence-corrected chi connectivity index (χ1v) is 6.09. The Kier molecular flexibility index (Phi) is 5.28. The second-order valence-electron chi connectivity index (χ2n) is 3.50. The minimum atomic E-state index is -4.29. The van der Waals surface area contributed by atoms with E-state index in [1.165, 1.54) is 19.1 Å². The first-order chi connectivity index (χ1) is 8.29. The predicted molar refractivity (Wildman–Crippen MR) is 61.0 cm³/mol. The molecule has 0 aliphatic rings. The van der Waals surface area contributed by atoms with Crippen LogP contribution in [0.4, 0.5) is 17.6 Å². The Morgan fingerprint density at radius 2 is 2.06 bits per heavy atom. The molecule has 1 atom stereocenters. The van der Waals surface area contributed by atoms with Crippen molar-refractivity contribution in [1.82, 2.24) is 0 Å². The third-order valence-corrected chi connectivity index (χ3v) is 2.74. The SMILES string of the molecule is C[C@@H](O)c1ccc(OCCSC(F)(F)F)cc1F. The number of aliphatic hydroxyl groups excluding tert-OH is 1. The van der Waals surface area contributed by atoms with Crippen LogP contribution >= 0.6 is 11.8 Å². The standard InChI is InChI=1S/C11H12F4O2S/c1-7(16)9-3-2-8(6-10(9)12)17-4-5-18-11(13,14)15/h2-3,6-7,16H,4-5H2,1H3/t7-/m1/s1. The van der Waals surface area contributed by atoms with Crippen molar-refractivity contribution in [1.29, 1.82) is 0 Å². The molecule has 0 unspecified atom stereocenters. The molecular weight excluding hydrogens is 272 g/mol. The fourth-order valence-electron chi connectivity index (χ4n) is 1.25. The van der Waals surface area contributed by atoms with E-state index in [2.05, 4.69) is 0 Å². The number of rotatable bonds is 5. The average Bonchev–Trinajstić information content (AvgIpc) is 2.22. The van der Waals surface area contributed by atoms with Crippen molar-refractivity contribution in [3.05, 3.63) is 29.6 Å². The van der Waals surface area contributed by atoms with Crippen molar-refractivity contribution in [3.8, 4) is 5.75 Å². The molecule has 0 heterocycles. The van der Waals surface area contributed by atoms with Gasteiger partial charge in [-0.3, -0.25) is 0 Å². The fourth-order valence-corrected chi connectivity index (χ4v) is 1.65. The summed E-state index contributed by atoms with van der Waals surface area (Å²) in [7, 11) is 0. The maximum atomic E-state index is 13.4. The van der Waals surface area contributed by atoms with E-state index >= 15 is 0 Å². The van der Waals surface area contributed by atoms with Gasteiger partial charge in [-0.05, 0) is 30.8 Å². The van der Waals surface area contributed by atoms with E-state index in [0.717, 1.165) is 6.07 Å². The van der Waals surface area contributed by atoms with Crippen LogP contribution < -0.4 is 4.74 Å². The Bertz CT molecular complexity index is 393. The summed E-state index contributed by atoms with van der Waals surface area (Å²) >= 11 is -0.194. The van der Waals surface area contributed by atoms with Crippen LogP contribution in [0, 0.1) is 5.82 Å². The summed E-state index contributed by atoms with van der Waals surface area (Å²) < 4.78 is 53.8. The second kappa shape index (κ2) is 6.29. The summed E-state index contributed by atoms with van der Waals surface area (Å²) in [6, 6.07) is 3.79. The lowest BCUT2D eigenvalue weighted by Crippen LogP contribution is -2.07. The molecule has 0 radical (unpaired) electrons. The number of hydrogen-bond donors (Lipinski definition) is 1. The largest absolute Gasteiger partial charge is 0.493 e. The number of hydrogen-bond acceptors (Lipinski definition) is 3. The summed E-state index contributed by atoms with van der Waals surface area (Å²) in [6.45, 7) is 1.25. The van der Waals surface area contributed by atoms with Crippen LogP contribution in [-0.2, 0) is 0 Å². The van der Waals surface area contributed by atoms with Crippen molar-refractivity contribution in [2.24, 2.45) is 0 Å². The molecule has 0 aromatic heterocycles. The minimum Gasteiger partial charge on any atom is -0.493 e. The van der Waals surface area contributed by atoms with Gasteiger partial charge in [0.25, 0.3) is 0 Å². The van der Waals surface area contributed by atoms with Gasteiger partial charge < -0.3 is 9.84 Å². The minimum absolute atomic E-state index is 0.118.